The van der Waals surface area contributed by atoms with E-state index in [9.17, 15) is 4.39 Å². The van der Waals surface area contributed by atoms with E-state index in [1.165, 1.54) is 0 Å². The highest BCUT2D eigenvalue weighted by molar-refractivity contribution is 5.70. The number of hydrogen-bond donors (Lipinski definition) is 0. The molecule has 0 spiro atoms. The van der Waals surface area contributed by atoms with Crippen molar-refractivity contribution in [2.24, 2.45) is 0 Å². The molecule has 0 aliphatic carbocycles. The van der Waals surface area contributed by atoms with Gasteiger partial charge in [-0.05, 0) is 28.8 Å². The molecule has 3 aromatic carbocycles. The molecule has 19 heavy (non-hydrogen) atoms. The minimum atomic E-state index is -0.198. The van der Waals surface area contributed by atoms with Crippen molar-refractivity contribution in [2.75, 3.05) is 0 Å². The summed E-state index contributed by atoms with van der Waals surface area (Å²) in [5.74, 6) is -0.198. The van der Waals surface area contributed by atoms with Crippen LogP contribution in [0.3, 0.4) is 0 Å². The van der Waals surface area contributed by atoms with Crippen molar-refractivity contribution in [3.8, 4) is 22.3 Å². The first-order valence-corrected chi connectivity index (χ1v) is 6.16. The monoisotopic (exact) mass is 247 g/mol. The van der Waals surface area contributed by atoms with Crippen molar-refractivity contribution < 1.29 is 4.39 Å². The summed E-state index contributed by atoms with van der Waals surface area (Å²) in [4.78, 5) is 0. The van der Waals surface area contributed by atoms with E-state index in [-0.39, 0.29) is 5.82 Å². The van der Waals surface area contributed by atoms with E-state index >= 15 is 0 Å². The Kier molecular flexibility index (Phi) is 3.11. The molecule has 0 bridgehead atoms. The van der Waals surface area contributed by atoms with Gasteiger partial charge in [0.2, 0.25) is 0 Å². The van der Waals surface area contributed by atoms with Gasteiger partial charge in [-0.15, -0.1) is 0 Å². The van der Waals surface area contributed by atoms with Crippen molar-refractivity contribution in [3.63, 3.8) is 0 Å². The molecule has 3 aromatic rings. The number of halogens is 1. The molecule has 0 aromatic heterocycles. The van der Waals surface area contributed by atoms with Gasteiger partial charge >= 0.3 is 0 Å². The topological polar surface area (TPSA) is 0 Å². The zero-order valence-corrected chi connectivity index (χ0v) is 10.3. The van der Waals surface area contributed by atoms with Gasteiger partial charge < -0.3 is 0 Å². The lowest BCUT2D eigenvalue weighted by molar-refractivity contribution is 0.632. The van der Waals surface area contributed by atoms with Crippen molar-refractivity contribution in [1.29, 1.82) is 0 Å². The third-order valence-corrected chi connectivity index (χ3v) is 3.11. The minimum absolute atomic E-state index is 0.198. The Morgan fingerprint density at radius 2 is 1.42 bits per heavy atom. The summed E-state index contributed by atoms with van der Waals surface area (Å²) in [6, 6.07) is 25.4. The standard InChI is InChI=1S/C18H12F/c19-18-13-16(14-7-3-1-4-8-14)11-12-17(18)15-9-5-2-6-10-15/h2-13H. The average Bonchev–Trinajstić information content (AvgIpc) is 2.49. The van der Waals surface area contributed by atoms with Crippen molar-refractivity contribution in [2.45, 2.75) is 0 Å². The van der Waals surface area contributed by atoms with Gasteiger partial charge in [-0.25, -0.2) is 4.39 Å². The fourth-order valence-electron chi connectivity index (χ4n) is 2.13. The van der Waals surface area contributed by atoms with E-state index in [2.05, 4.69) is 6.07 Å². The van der Waals surface area contributed by atoms with Crippen LogP contribution in [0.4, 0.5) is 4.39 Å². The maximum atomic E-state index is 14.2. The van der Waals surface area contributed by atoms with Crippen LogP contribution >= 0.6 is 0 Å². The van der Waals surface area contributed by atoms with Crippen LogP contribution in [0.25, 0.3) is 22.3 Å². The fraction of sp³-hybridized carbons (Fsp3) is 0. The third kappa shape index (κ3) is 2.41. The molecule has 0 amide bonds. The molecule has 0 saturated heterocycles. The molecule has 3 rings (SSSR count). The summed E-state index contributed by atoms with van der Waals surface area (Å²) in [7, 11) is 0. The molecule has 91 valence electrons. The Hall–Kier alpha value is -2.41. The molecule has 0 atom stereocenters. The third-order valence-electron chi connectivity index (χ3n) is 3.11. The van der Waals surface area contributed by atoms with Gasteiger partial charge in [-0.3, -0.25) is 0 Å². The Labute approximate surface area is 112 Å². The minimum Gasteiger partial charge on any atom is -0.206 e. The second-order valence-corrected chi connectivity index (χ2v) is 4.35. The smallest absolute Gasteiger partial charge is 0.131 e. The lowest BCUT2D eigenvalue weighted by Crippen LogP contribution is -1.86. The quantitative estimate of drug-likeness (QED) is 0.600. The first-order chi connectivity index (χ1) is 9.34. The van der Waals surface area contributed by atoms with Gasteiger partial charge in [0.1, 0.15) is 5.82 Å². The maximum Gasteiger partial charge on any atom is 0.131 e. The lowest BCUT2D eigenvalue weighted by Gasteiger charge is -2.06. The highest BCUT2D eigenvalue weighted by atomic mass is 19.1. The van der Waals surface area contributed by atoms with E-state index < -0.39 is 0 Å². The molecule has 0 N–H and O–H groups in total. The van der Waals surface area contributed by atoms with E-state index in [0.29, 0.717) is 5.56 Å². The summed E-state index contributed by atoms with van der Waals surface area (Å²) < 4.78 is 14.2. The largest absolute Gasteiger partial charge is 0.206 e. The summed E-state index contributed by atoms with van der Waals surface area (Å²) >= 11 is 0. The molecule has 0 aliphatic rings. The molecular weight excluding hydrogens is 235 g/mol. The number of benzene rings is 3. The summed E-state index contributed by atoms with van der Waals surface area (Å²) in [5, 5.41) is 0. The molecule has 1 heteroatoms. The van der Waals surface area contributed by atoms with Gasteiger partial charge in [0.05, 0.1) is 0 Å². The Morgan fingerprint density at radius 3 is 2.11 bits per heavy atom. The van der Waals surface area contributed by atoms with Crippen molar-refractivity contribution >= 4 is 0 Å². The first kappa shape index (κ1) is 11.7. The zero-order valence-electron chi connectivity index (χ0n) is 10.3. The number of rotatable bonds is 2. The van der Waals surface area contributed by atoms with Gasteiger partial charge in [-0.1, -0.05) is 66.7 Å². The fourth-order valence-corrected chi connectivity index (χ4v) is 2.13. The van der Waals surface area contributed by atoms with Crippen LogP contribution in [0.1, 0.15) is 0 Å². The van der Waals surface area contributed by atoms with Crippen LogP contribution < -0.4 is 0 Å². The average molecular weight is 247 g/mol. The van der Waals surface area contributed by atoms with Crippen LogP contribution in [0, 0.1) is 11.9 Å². The van der Waals surface area contributed by atoms with Gasteiger partial charge in [0.15, 0.2) is 0 Å². The zero-order chi connectivity index (χ0) is 13.1. The summed E-state index contributed by atoms with van der Waals surface area (Å²) in [6.07, 6.45) is 0. The van der Waals surface area contributed by atoms with Crippen molar-refractivity contribution in [3.05, 3.63) is 84.7 Å². The molecule has 1 radical (unpaired) electrons. The Bertz CT molecular complexity index is 673. The normalized spacial score (nSPS) is 10.4. The second kappa shape index (κ2) is 5.07. The van der Waals surface area contributed by atoms with Crippen molar-refractivity contribution in [1.82, 2.24) is 0 Å². The van der Waals surface area contributed by atoms with E-state index in [1.54, 1.807) is 6.07 Å². The summed E-state index contributed by atoms with van der Waals surface area (Å²) in [5.41, 5.74) is 3.41. The van der Waals surface area contributed by atoms with Gasteiger partial charge in [0.25, 0.3) is 0 Å². The predicted molar refractivity (Wildman–Crippen MR) is 76.1 cm³/mol. The molecule has 0 aliphatic heterocycles. The molecular formula is C18H12F. The van der Waals surface area contributed by atoms with E-state index in [4.69, 9.17) is 0 Å². The van der Waals surface area contributed by atoms with Crippen LogP contribution in [0.5, 0.6) is 0 Å². The summed E-state index contributed by atoms with van der Waals surface area (Å²) in [6.45, 7) is 0. The first-order valence-electron chi connectivity index (χ1n) is 6.16. The highest BCUT2D eigenvalue weighted by Crippen LogP contribution is 2.27. The maximum absolute atomic E-state index is 14.2. The highest BCUT2D eigenvalue weighted by Gasteiger charge is 2.06. The number of hydrogen-bond acceptors (Lipinski definition) is 0. The van der Waals surface area contributed by atoms with Crippen LogP contribution in [-0.2, 0) is 0 Å². The van der Waals surface area contributed by atoms with Crippen LogP contribution in [-0.4, -0.2) is 0 Å². The predicted octanol–water partition coefficient (Wildman–Crippen LogP) is 4.96. The van der Waals surface area contributed by atoms with E-state index in [1.807, 2.05) is 66.7 Å². The van der Waals surface area contributed by atoms with Crippen LogP contribution in [0.15, 0.2) is 72.8 Å². The SMILES string of the molecule is Fc1cc(-c2cc[c]cc2)ccc1-c1ccccc1. The molecule has 0 unspecified atom stereocenters. The van der Waals surface area contributed by atoms with Gasteiger partial charge in [-0.2, -0.15) is 0 Å². The Morgan fingerprint density at radius 1 is 0.684 bits per heavy atom. The molecule has 0 heterocycles. The molecule has 0 nitrogen and oxygen atoms in total. The van der Waals surface area contributed by atoms with Gasteiger partial charge in [0, 0.05) is 5.56 Å². The lowest BCUT2D eigenvalue weighted by atomic mass is 10.00. The van der Waals surface area contributed by atoms with E-state index in [0.717, 1.165) is 16.7 Å². The van der Waals surface area contributed by atoms with Crippen LogP contribution in [0.2, 0.25) is 0 Å². The Balaban J connectivity index is 2.04. The molecule has 0 fully saturated rings. The second-order valence-electron chi connectivity index (χ2n) is 4.35. The molecule has 0 saturated carbocycles.